The molecule has 4 fully saturated rings. The molecule has 1 N–H and O–H groups in total. The molecular weight excluding hydrogens is 366 g/mol. The van der Waals surface area contributed by atoms with Gasteiger partial charge in [-0.1, -0.05) is 33.8 Å². The van der Waals surface area contributed by atoms with E-state index in [1.807, 2.05) is 18.2 Å². The fourth-order valence-corrected chi connectivity index (χ4v) is 6.54. The summed E-state index contributed by atoms with van der Waals surface area (Å²) in [6.45, 7) is 8.67. The van der Waals surface area contributed by atoms with Crippen LogP contribution in [-0.4, -0.2) is 30.2 Å². The van der Waals surface area contributed by atoms with Crippen LogP contribution in [-0.2, 0) is 19.1 Å². The summed E-state index contributed by atoms with van der Waals surface area (Å²) < 4.78 is 11.4. The van der Waals surface area contributed by atoms with E-state index in [0.29, 0.717) is 48.2 Å². The molecule has 5 rings (SSSR count). The highest BCUT2D eigenvalue weighted by Crippen LogP contribution is 2.59. The Hall–Kier alpha value is -1.62. The standard InChI is InChI=1S/C24H33NO4/c1-5-24(4,19-12(2)13(19)3)23(27)25-15-6-8-16(9-7-15)28-22(26)18-11-14-10-17(18)21-20(14)29-21/h6-8,12-14,16-21H,5,9-11H2,1-4H3,(H,25,27). The van der Waals surface area contributed by atoms with Crippen molar-refractivity contribution in [3.63, 3.8) is 0 Å². The molecule has 5 nitrogen and oxygen atoms in total. The van der Waals surface area contributed by atoms with Crippen LogP contribution < -0.4 is 5.32 Å². The van der Waals surface area contributed by atoms with Gasteiger partial charge in [0.05, 0.1) is 18.1 Å². The molecule has 3 saturated carbocycles. The molecule has 9 unspecified atom stereocenters. The number of hydrogen-bond donors (Lipinski definition) is 1. The van der Waals surface area contributed by atoms with Gasteiger partial charge in [-0.3, -0.25) is 9.59 Å². The van der Waals surface area contributed by atoms with Gasteiger partial charge in [-0.25, -0.2) is 0 Å². The van der Waals surface area contributed by atoms with E-state index in [0.717, 1.165) is 25.0 Å². The molecule has 0 spiro atoms. The molecule has 0 aromatic rings. The highest BCUT2D eigenvalue weighted by atomic mass is 16.6. The van der Waals surface area contributed by atoms with Crippen LogP contribution in [0.4, 0.5) is 0 Å². The van der Waals surface area contributed by atoms with E-state index >= 15 is 0 Å². The fourth-order valence-electron chi connectivity index (χ4n) is 6.54. The zero-order valence-electron chi connectivity index (χ0n) is 17.9. The number of rotatable bonds is 6. The molecule has 5 heteroatoms. The molecular formula is C24H33NO4. The Morgan fingerprint density at radius 3 is 2.55 bits per heavy atom. The van der Waals surface area contributed by atoms with Gasteiger partial charge in [0.25, 0.3) is 0 Å². The fraction of sp³-hybridized carbons (Fsp3) is 0.750. The van der Waals surface area contributed by atoms with Gasteiger partial charge >= 0.3 is 5.97 Å². The monoisotopic (exact) mass is 399 g/mol. The van der Waals surface area contributed by atoms with Gasteiger partial charge in [-0.15, -0.1) is 0 Å². The lowest BCUT2D eigenvalue weighted by Crippen LogP contribution is -2.40. The van der Waals surface area contributed by atoms with E-state index in [4.69, 9.17) is 9.47 Å². The minimum Gasteiger partial charge on any atom is -0.458 e. The summed E-state index contributed by atoms with van der Waals surface area (Å²) in [6.07, 6.45) is 9.78. The zero-order chi connectivity index (χ0) is 20.5. The number of epoxide rings is 1. The van der Waals surface area contributed by atoms with Crippen LogP contribution in [0.1, 0.15) is 53.4 Å². The predicted molar refractivity (Wildman–Crippen MR) is 108 cm³/mol. The molecule has 1 heterocycles. The van der Waals surface area contributed by atoms with Gasteiger partial charge in [0.2, 0.25) is 5.91 Å². The van der Waals surface area contributed by atoms with Crippen molar-refractivity contribution in [3.8, 4) is 0 Å². The molecule has 5 aliphatic rings. The SMILES string of the molecule is CCC(C)(C(=O)NC1=CCC(OC(=O)C2CC3CC2C2OC32)C=C1)C1C(C)C1C. The highest BCUT2D eigenvalue weighted by molar-refractivity contribution is 5.85. The van der Waals surface area contributed by atoms with Gasteiger partial charge in [0.15, 0.2) is 0 Å². The lowest BCUT2D eigenvalue weighted by Gasteiger charge is -2.29. The van der Waals surface area contributed by atoms with Crippen LogP contribution in [0, 0.1) is 40.9 Å². The summed E-state index contributed by atoms with van der Waals surface area (Å²) in [5.41, 5.74) is 0.485. The van der Waals surface area contributed by atoms with Crippen LogP contribution in [0.25, 0.3) is 0 Å². The van der Waals surface area contributed by atoms with Crippen molar-refractivity contribution in [2.24, 2.45) is 40.9 Å². The highest BCUT2D eigenvalue weighted by Gasteiger charge is 2.65. The Morgan fingerprint density at radius 1 is 1.24 bits per heavy atom. The van der Waals surface area contributed by atoms with Gasteiger partial charge in [-0.05, 0) is 55.1 Å². The van der Waals surface area contributed by atoms with E-state index in [-0.39, 0.29) is 29.3 Å². The average molecular weight is 400 g/mol. The van der Waals surface area contributed by atoms with E-state index in [2.05, 4.69) is 33.0 Å². The summed E-state index contributed by atoms with van der Waals surface area (Å²) in [7, 11) is 0. The molecule has 29 heavy (non-hydrogen) atoms. The van der Waals surface area contributed by atoms with Crippen molar-refractivity contribution >= 4 is 11.9 Å². The van der Waals surface area contributed by atoms with Crippen molar-refractivity contribution < 1.29 is 19.1 Å². The molecule has 9 atom stereocenters. The number of amides is 1. The molecule has 1 saturated heterocycles. The van der Waals surface area contributed by atoms with Crippen molar-refractivity contribution in [1.29, 1.82) is 0 Å². The molecule has 158 valence electrons. The van der Waals surface area contributed by atoms with Crippen molar-refractivity contribution in [2.45, 2.75) is 71.7 Å². The van der Waals surface area contributed by atoms with Crippen molar-refractivity contribution in [3.05, 3.63) is 23.9 Å². The Labute approximate surface area is 173 Å². The second kappa shape index (κ2) is 6.69. The Bertz CT molecular complexity index is 780. The Kier molecular flexibility index (Phi) is 4.47. The summed E-state index contributed by atoms with van der Waals surface area (Å²) >= 11 is 0. The average Bonchev–Trinajstić information content (AvgIpc) is 3.54. The minimum absolute atomic E-state index is 0.00927. The summed E-state index contributed by atoms with van der Waals surface area (Å²) in [4.78, 5) is 25.6. The molecule has 0 radical (unpaired) electrons. The number of carbonyl (C=O) groups excluding carboxylic acids is 2. The third kappa shape index (κ3) is 3.08. The summed E-state index contributed by atoms with van der Waals surface area (Å²) in [6, 6.07) is 0. The summed E-state index contributed by atoms with van der Waals surface area (Å²) in [5, 5.41) is 3.11. The maximum absolute atomic E-state index is 13.0. The first-order valence-corrected chi connectivity index (χ1v) is 11.4. The minimum atomic E-state index is -0.332. The quantitative estimate of drug-likeness (QED) is 0.547. The predicted octanol–water partition coefficient (Wildman–Crippen LogP) is 3.60. The lowest BCUT2D eigenvalue weighted by atomic mass is 9.79. The summed E-state index contributed by atoms with van der Waals surface area (Å²) in [5.74, 6) is 2.64. The van der Waals surface area contributed by atoms with Crippen LogP contribution in [0.15, 0.2) is 23.9 Å². The first-order chi connectivity index (χ1) is 13.8. The maximum Gasteiger partial charge on any atom is 0.309 e. The van der Waals surface area contributed by atoms with E-state index in [1.54, 1.807) is 0 Å². The smallest absolute Gasteiger partial charge is 0.309 e. The van der Waals surface area contributed by atoms with Crippen LogP contribution >= 0.6 is 0 Å². The number of allylic oxidation sites excluding steroid dienone is 1. The largest absolute Gasteiger partial charge is 0.458 e. The first kappa shape index (κ1) is 19.3. The number of nitrogens with one attached hydrogen (secondary N) is 1. The molecule has 1 aliphatic heterocycles. The van der Waals surface area contributed by atoms with Gasteiger partial charge in [0.1, 0.15) is 6.10 Å². The molecule has 1 amide bonds. The number of ether oxygens (including phenoxy) is 2. The van der Waals surface area contributed by atoms with E-state index < -0.39 is 0 Å². The molecule has 0 aromatic carbocycles. The maximum atomic E-state index is 13.0. The number of fused-ring (bicyclic) bond motifs is 5. The van der Waals surface area contributed by atoms with E-state index in [9.17, 15) is 9.59 Å². The second-order valence-electron chi connectivity index (χ2n) is 10.3. The number of carbonyl (C=O) groups is 2. The third-order valence-corrected chi connectivity index (χ3v) is 8.80. The lowest BCUT2D eigenvalue weighted by molar-refractivity contribution is -0.153. The Morgan fingerprint density at radius 2 is 2.00 bits per heavy atom. The second-order valence-corrected chi connectivity index (χ2v) is 10.3. The van der Waals surface area contributed by atoms with Gasteiger partial charge in [0, 0.05) is 23.5 Å². The first-order valence-electron chi connectivity index (χ1n) is 11.4. The topological polar surface area (TPSA) is 67.9 Å². The van der Waals surface area contributed by atoms with Crippen LogP contribution in [0.2, 0.25) is 0 Å². The molecule has 2 bridgehead atoms. The van der Waals surface area contributed by atoms with Crippen molar-refractivity contribution in [1.82, 2.24) is 5.32 Å². The number of esters is 1. The Balaban J connectivity index is 1.14. The number of hydrogen-bond acceptors (Lipinski definition) is 4. The van der Waals surface area contributed by atoms with E-state index in [1.165, 1.54) is 0 Å². The normalized spacial score (nSPS) is 45.8. The van der Waals surface area contributed by atoms with Crippen molar-refractivity contribution in [2.75, 3.05) is 0 Å². The molecule has 0 aromatic heterocycles. The van der Waals surface area contributed by atoms with Gasteiger partial charge < -0.3 is 14.8 Å². The van der Waals surface area contributed by atoms with Crippen LogP contribution in [0.5, 0.6) is 0 Å². The van der Waals surface area contributed by atoms with Gasteiger partial charge in [-0.2, -0.15) is 0 Å². The van der Waals surface area contributed by atoms with Crippen LogP contribution in [0.3, 0.4) is 0 Å². The zero-order valence-corrected chi connectivity index (χ0v) is 17.9. The third-order valence-electron chi connectivity index (χ3n) is 8.80. The molecule has 4 aliphatic carbocycles.